The molecule has 0 radical (unpaired) electrons. The average Bonchev–Trinajstić information content (AvgIpc) is 2.52. The first-order chi connectivity index (χ1) is 7.75. The number of aromatic nitrogens is 1. The number of aryl methyl sites for hydroxylation is 2. The normalized spacial score (nSPS) is 15.9. The van der Waals surface area contributed by atoms with Crippen LogP contribution in [0.4, 0.5) is 0 Å². The van der Waals surface area contributed by atoms with Gasteiger partial charge in [-0.05, 0) is 19.3 Å². The van der Waals surface area contributed by atoms with Crippen molar-refractivity contribution in [2.45, 2.75) is 51.1 Å². The van der Waals surface area contributed by atoms with Crippen LogP contribution in [0.25, 0.3) is 0 Å². The summed E-state index contributed by atoms with van der Waals surface area (Å²) in [7, 11) is 0. The Balaban J connectivity index is 2.77. The van der Waals surface area contributed by atoms with Crippen LogP contribution in [0.5, 0.6) is 0 Å². The summed E-state index contributed by atoms with van der Waals surface area (Å²) >= 11 is 1.41. The van der Waals surface area contributed by atoms with Crippen LogP contribution in [-0.2, 0) is 0 Å². The smallest absolute Gasteiger partial charge is 0.256 e. The molecule has 2 unspecified atom stereocenters. The van der Waals surface area contributed by atoms with Crippen molar-refractivity contribution in [3.8, 4) is 0 Å². The lowest BCUT2D eigenvalue weighted by atomic mass is 9.85. The maximum atomic E-state index is 9.43. The lowest BCUT2D eigenvalue weighted by molar-refractivity contribution is 0.232. The minimum atomic E-state index is -0.120. The first kappa shape index (κ1) is 14.5. The van der Waals surface area contributed by atoms with Crippen molar-refractivity contribution in [1.29, 1.82) is 0 Å². The Bertz CT molecular complexity index is 352. The molecular weight excluding hydrogens is 236 g/mol. The maximum absolute atomic E-state index is 9.43. The quantitative estimate of drug-likeness (QED) is 0.809. The molecule has 0 spiro atoms. The van der Waals surface area contributed by atoms with E-state index in [9.17, 15) is 5.11 Å². The highest BCUT2D eigenvalue weighted by Crippen LogP contribution is 2.31. The number of hydrogen-bond donors (Lipinski definition) is 2. The number of oxazole rings is 1. The lowest BCUT2D eigenvalue weighted by Crippen LogP contribution is -2.45. The SMILES string of the molecule is Cc1nc(SC(CO)C(N)C(C)(C)C)oc1C. The second-order valence-corrected chi connectivity index (χ2v) is 6.54. The summed E-state index contributed by atoms with van der Waals surface area (Å²) in [5, 5.41) is 9.90. The van der Waals surface area contributed by atoms with E-state index in [1.54, 1.807) is 0 Å². The highest BCUT2D eigenvalue weighted by molar-refractivity contribution is 7.99. The number of nitrogens with two attached hydrogens (primary N) is 1. The summed E-state index contributed by atoms with van der Waals surface area (Å²) in [5.74, 6) is 0.813. The maximum Gasteiger partial charge on any atom is 0.256 e. The van der Waals surface area contributed by atoms with Gasteiger partial charge in [-0.1, -0.05) is 32.5 Å². The molecule has 4 nitrogen and oxygen atoms in total. The van der Waals surface area contributed by atoms with Gasteiger partial charge in [0.05, 0.1) is 17.6 Å². The minimum Gasteiger partial charge on any atom is -0.437 e. The third-order valence-corrected chi connectivity index (χ3v) is 3.96. The van der Waals surface area contributed by atoms with E-state index in [4.69, 9.17) is 10.2 Å². The van der Waals surface area contributed by atoms with E-state index in [0.717, 1.165) is 11.5 Å². The molecule has 0 aliphatic rings. The molecule has 3 N–H and O–H groups in total. The number of thioether (sulfide) groups is 1. The first-order valence-electron chi connectivity index (χ1n) is 5.73. The van der Waals surface area contributed by atoms with Gasteiger partial charge < -0.3 is 15.3 Å². The number of hydrogen-bond acceptors (Lipinski definition) is 5. The second-order valence-electron chi connectivity index (χ2n) is 5.35. The summed E-state index contributed by atoms with van der Waals surface area (Å²) in [5.41, 5.74) is 6.97. The van der Waals surface area contributed by atoms with Gasteiger partial charge in [0, 0.05) is 6.04 Å². The zero-order chi connectivity index (χ0) is 13.2. The van der Waals surface area contributed by atoms with Crippen molar-refractivity contribution in [2.75, 3.05) is 6.61 Å². The number of nitrogens with zero attached hydrogens (tertiary/aromatic N) is 1. The molecule has 5 heteroatoms. The van der Waals surface area contributed by atoms with Gasteiger partial charge in [-0.15, -0.1) is 0 Å². The highest BCUT2D eigenvalue weighted by atomic mass is 32.2. The van der Waals surface area contributed by atoms with Crippen LogP contribution in [0, 0.1) is 19.3 Å². The molecule has 1 heterocycles. The van der Waals surface area contributed by atoms with Gasteiger partial charge >= 0.3 is 0 Å². The predicted molar refractivity (Wildman–Crippen MR) is 70.1 cm³/mol. The van der Waals surface area contributed by atoms with Crippen molar-refractivity contribution < 1.29 is 9.52 Å². The van der Waals surface area contributed by atoms with E-state index < -0.39 is 0 Å². The Morgan fingerprint density at radius 3 is 2.35 bits per heavy atom. The monoisotopic (exact) mass is 258 g/mol. The van der Waals surface area contributed by atoms with Crippen LogP contribution < -0.4 is 5.73 Å². The fraction of sp³-hybridized carbons (Fsp3) is 0.750. The van der Waals surface area contributed by atoms with Crippen LogP contribution in [0.2, 0.25) is 0 Å². The Morgan fingerprint density at radius 1 is 1.41 bits per heavy atom. The minimum absolute atomic E-state index is 0.0174. The molecule has 98 valence electrons. The van der Waals surface area contributed by atoms with E-state index in [1.807, 2.05) is 13.8 Å². The van der Waals surface area contributed by atoms with Crippen molar-refractivity contribution in [1.82, 2.24) is 4.98 Å². The molecule has 17 heavy (non-hydrogen) atoms. The average molecular weight is 258 g/mol. The third kappa shape index (κ3) is 3.72. The Labute approximate surface area is 107 Å². The highest BCUT2D eigenvalue weighted by Gasteiger charge is 2.30. The zero-order valence-electron chi connectivity index (χ0n) is 11.2. The lowest BCUT2D eigenvalue weighted by Gasteiger charge is -2.32. The summed E-state index contributed by atoms with van der Waals surface area (Å²) in [6.45, 7) is 9.99. The van der Waals surface area contributed by atoms with Crippen molar-refractivity contribution >= 4 is 11.8 Å². The molecule has 0 saturated heterocycles. The van der Waals surface area contributed by atoms with Crippen molar-refractivity contribution in [3.05, 3.63) is 11.5 Å². The molecule has 0 amide bonds. The first-order valence-corrected chi connectivity index (χ1v) is 6.60. The molecular formula is C12H22N2O2S. The van der Waals surface area contributed by atoms with Gasteiger partial charge in [-0.2, -0.15) is 0 Å². The summed E-state index contributed by atoms with van der Waals surface area (Å²) in [6.07, 6.45) is 0. The van der Waals surface area contributed by atoms with Gasteiger partial charge in [0.2, 0.25) is 0 Å². The van der Waals surface area contributed by atoms with Crippen LogP contribution in [0.1, 0.15) is 32.2 Å². The molecule has 1 aromatic heterocycles. The standard InChI is InChI=1S/C12H22N2O2S/c1-7-8(2)16-11(14-7)17-9(6-15)10(13)12(3,4)5/h9-10,15H,6,13H2,1-5H3. The van der Waals surface area contributed by atoms with Crippen LogP contribution in [0.3, 0.4) is 0 Å². The molecule has 0 bridgehead atoms. The molecule has 0 aliphatic heterocycles. The van der Waals surface area contributed by atoms with E-state index in [2.05, 4.69) is 25.8 Å². The Morgan fingerprint density at radius 2 is 2.00 bits per heavy atom. The molecule has 0 saturated carbocycles. The fourth-order valence-electron chi connectivity index (χ4n) is 1.41. The predicted octanol–water partition coefficient (Wildman–Crippen LogP) is 2.12. The molecule has 0 aromatic carbocycles. The van der Waals surface area contributed by atoms with E-state index in [1.165, 1.54) is 11.8 Å². The van der Waals surface area contributed by atoms with Gasteiger partial charge in [0.15, 0.2) is 0 Å². The number of aliphatic hydroxyl groups excluding tert-OH is 1. The van der Waals surface area contributed by atoms with Crippen LogP contribution >= 0.6 is 11.8 Å². The Kier molecular flexibility index (Phi) is 4.63. The van der Waals surface area contributed by atoms with Crippen LogP contribution in [0.15, 0.2) is 9.64 Å². The summed E-state index contributed by atoms with van der Waals surface area (Å²) in [4.78, 5) is 4.29. The van der Waals surface area contributed by atoms with Gasteiger partial charge in [0.25, 0.3) is 5.22 Å². The molecule has 2 atom stereocenters. The Hall–Kier alpha value is -0.520. The van der Waals surface area contributed by atoms with E-state index in [-0.39, 0.29) is 23.3 Å². The molecule has 1 aromatic rings. The largest absolute Gasteiger partial charge is 0.437 e. The van der Waals surface area contributed by atoms with E-state index >= 15 is 0 Å². The summed E-state index contributed by atoms with van der Waals surface area (Å²) < 4.78 is 5.49. The van der Waals surface area contributed by atoms with E-state index in [0.29, 0.717) is 5.22 Å². The zero-order valence-corrected chi connectivity index (χ0v) is 12.0. The topological polar surface area (TPSA) is 72.3 Å². The summed E-state index contributed by atoms with van der Waals surface area (Å²) in [6, 6.07) is -0.120. The number of aliphatic hydroxyl groups is 1. The second kappa shape index (κ2) is 5.42. The third-order valence-electron chi connectivity index (χ3n) is 2.84. The molecule has 0 fully saturated rings. The fourth-order valence-corrected chi connectivity index (χ4v) is 2.66. The van der Waals surface area contributed by atoms with Gasteiger partial charge in [0.1, 0.15) is 5.76 Å². The van der Waals surface area contributed by atoms with Crippen molar-refractivity contribution in [3.63, 3.8) is 0 Å². The molecule has 0 aliphatic carbocycles. The van der Waals surface area contributed by atoms with Crippen molar-refractivity contribution in [2.24, 2.45) is 11.1 Å². The van der Waals surface area contributed by atoms with Crippen LogP contribution in [-0.4, -0.2) is 28.0 Å². The number of rotatable bonds is 4. The van der Waals surface area contributed by atoms with Gasteiger partial charge in [-0.25, -0.2) is 4.98 Å². The molecule has 1 rings (SSSR count). The van der Waals surface area contributed by atoms with Gasteiger partial charge in [-0.3, -0.25) is 0 Å².